The molecule has 0 fully saturated rings. The highest BCUT2D eigenvalue weighted by Gasteiger charge is 2.32. The number of ketones is 2. The molecule has 5 rings (SSSR count). The van der Waals surface area contributed by atoms with Crippen molar-refractivity contribution in [1.29, 1.82) is 0 Å². The number of rotatable bonds is 7. The van der Waals surface area contributed by atoms with E-state index < -0.39 is 5.25 Å². The predicted molar refractivity (Wildman–Crippen MR) is 163 cm³/mol. The van der Waals surface area contributed by atoms with Crippen molar-refractivity contribution in [3.63, 3.8) is 0 Å². The van der Waals surface area contributed by atoms with Gasteiger partial charge in [-0.3, -0.25) is 14.4 Å². The number of thioether (sulfide) groups is 1. The van der Waals surface area contributed by atoms with E-state index in [-0.39, 0.29) is 23.0 Å². The van der Waals surface area contributed by atoms with Crippen molar-refractivity contribution in [2.45, 2.75) is 17.1 Å². The van der Waals surface area contributed by atoms with Crippen molar-refractivity contribution in [3.8, 4) is 5.75 Å². The molecule has 1 aliphatic rings. The number of fused-ring (bicyclic) bond motifs is 2. The lowest BCUT2D eigenvalue weighted by atomic mass is 9.83. The number of anilines is 3. The minimum absolute atomic E-state index is 0.221. The van der Waals surface area contributed by atoms with Gasteiger partial charge in [-0.15, -0.1) is 11.8 Å². The molecule has 1 amide bonds. The number of hydrogen-bond acceptors (Lipinski definition) is 6. The number of thiocarbonyl (C=S) groups is 1. The molecule has 1 unspecified atom stereocenters. The Hall–Kier alpha value is -4.47. The van der Waals surface area contributed by atoms with Gasteiger partial charge in [-0.25, -0.2) is 0 Å². The van der Waals surface area contributed by atoms with E-state index in [1.165, 1.54) is 11.8 Å². The number of carbonyl (C=O) groups excluding carboxylic acids is 3. The maximum atomic E-state index is 13.3. The molecule has 3 N–H and O–H groups in total. The third-order valence-electron chi connectivity index (χ3n) is 6.34. The van der Waals surface area contributed by atoms with Crippen LogP contribution in [0.4, 0.5) is 17.1 Å². The number of hydrogen-bond donors (Lipinski definition) is 3. The molecular formula is C31H25N3O4S2. The van der Waals surface area contributed by atoms with Crippen molar-refractivity contribution in [2.24, 2.45) is 0 Å². The second-order valence-corrected chi connectivity index (χ2v) is 10.8. The van der Waals surface area contributed by atoms with Crippen LogP contribution in [0.25, 0.3) is 0 Å². The number of benzene rings is 4. The smallest absolute Gasteiger partial charge is 0.237 e. The fourth-order valence-corrected chi connectivity index (χ4v) is 5.58. The summed E-state index contributed by atoms with van der Waals surface area (Å²) in [7, 11) is 1.60. The topological polar surface area (TPSA) is 96.5 Å². The first-order valence-corrected chi connectivity index (χ1v) is 13.7. The van der Waals surface area contributed by atoms with Gasteiger partial charge in [-0.1, -0.05) is 54.6 Å². The van der Waals surface area contributed by atoms with Gasteiger partial charge in [0.25, 0.3) is 0 Å². The van der Waals surface area contributed by atoms with Gasteiger partial charge in [0.05, 0.1) is 29.3 Å². The summed E-state index contributed by atoms with van der Waals surface area (Å²) in [5.41, 5.74) is 3.04. The van der Waals surface area contributed by atoms with Crippen LogP contribution in [0.15, 0.2) is 95.9 Å². The Labute approximate surface area is 241 Å². The summed E-state index contributed by atoms with van der Waals surface area (Å²) >= 11 is 6.82. The summed E-state index contributed by atoms with van der Waals surface area (Å²) in [6, 6.07) is 26.7. The fraction of sp³-hybridized carbons (Fsp3) is 0.0968. The Morgan fingerprint density at radius 3 is 2.20 bits per heavy atom. The molecular weight excluding hydrogens is 542 g/mol. The summed E-state index contributed by atoms with van der Waals surface area (Å²) in [6.07, 6.45) is 0. The zero-order valence-electron chi connectivity index (χ0n) is 21.7. The van der Waals surface area contributed by atoms with Crippen molar-refractivity contribution >= 4 is 63.6 Å². The molecule has 0 aliphatic heterocycles. The van der Waals surface area contributed by atoms with Gasteiger partial charge >= 0.3 is 0 Å². The van der Waals surface area contributed by atoms with Crippen LogP contribution >= 0.6 is 24.0 Å². The standard InChI is InChI=1S/C31H25N3O4S2/c1-18(40-20-10-7-9-19(17-20)32-31(39)34-24-14-5-6-16-26(24)38-2)30(37)33-25-15-8-13-23-27(25)29(36)22-12-4-3-11-21(22)28(23)35/h3-18H,1-2H3,(H,33,37)(H2,32,34,39). The van der Waals surface area contributed by atoms with Crippen molar-refractivity contribution in [2.75, 3.05) is 23.1 Å². The van der Waals surface area contributed by atoms with E-state index >= 15 is 0 Å². The van der Waals surface area contributed by atoms with Gasteiger partial charge in [0, 0.05) is 27.3 Å². The molecule has 0 radical (unpaired) electrons. The Bertz CT molecular complexity index is 1650. The summed E-state index contributed by atoms with van der Waals surface area (Å²) in [5, 5.41) is 9.05. The van der Waals surface area contributed by atoms with Crippen molar-refractivity contribution in [3.05, 3.63) is 113 Å². The molecule has 0 bridgehead atoms. The zero-order chi connectivity index (χ0) is 28.2. The fourth-order valence-electron chi connectivity index (χ4n) is 4.42. The molecule has 4 aromatic rings. The second kappa shape index (κ2) is 11.7. The maximum absolute atomic E-state index is 13.3. The average Bonchev–Trinajstić information content (AvgIpc) is 2.96. The zero-order valence-corrected chi connectivity index (χ0v) is 23.3. The maximum Gasteiger partial charge on any atom is 0.237 e. The summed E-state index contributed by atoms with van der Waals surface area (Å²) < 4.78 is 5.36. The largest absolute Gasteiger partial charge is 0.495 e. The van der Waals surface area contributed by atoms with E-state index in [0.29, 0.717) is 33.2 Å². The summed E-state index contributed by atoms with van der Waals surface area (Å²) in [6.45, 7) is 1.78. The molecule has 0 spiro atoms. The van der Waals surface area contributed by atoms with E-state index in [1.807, 2.05) is 48.5 Å². The molecule has 0 saturated carbocycles. The molecule has 4 aromatic carbocycles. The normalized spacial score (nSPS) is 12.6. The number of nitrogens with one attached hydrogen (secondary N) is 3. The van der Waals surface area contributed by atoms with Crippen LogP contribution in [0, 0.1) is 0 Å². The van der Waals surface area contributed by atoms with Gasteiger partial charge in [0.2, 0.25) is 5.91 Å². The number of para-hydroxylation sites is 2. The van der Waals surface area contributed by atoms with Crippen LogP contribution in [0.3, 0.4) is 0 Å². The molecule has 0 saturated heterocycles. The average molecular weight is 568 g/mol. The van der Waals surface area contributed by atoms with Gasteiger partial charge in [-0.2, -0.15) is 0 Å². The van der Waals surface area contributed by atoms with E-state index in [2.05, 4.69) is 16.0 Å². The van der Waals surface area contributed by atoms with E-state index in [0.717, 1.165) is 16.3 Å². The Kier molecular flexibility index (Phi) is 7.95. The number of carbonyl (C=O) groups is 3. The first-order chi connectivity index (χ1) is 19.4. The van der Waals surface area contributed by atoms with Crippen molar-refractivity contribution in [1.82, 2.24) is 0 Å². The van der Waals surface area contributed by atoms with Crippen LogP contribution in [0.5, 0.6) is 5.75 Å². The van der Waals surface area contributed by atoms with Gasteiger partial charge < -0.3 is 20.7 Å². The first kappa shape index (κ1) is 27.1. The minimum atomic E-state index is -0.494. The van der Waals surface area contributed by atoms with E-state index in [1.54, 1.807) is 56.5 Å². The lowest BCUT2D eigenvalue weighted by Crippen LogP contribution is -2.27. The molecule has 0 aromatic heterocycles. The minimum Gasteiger partial charge on any atom is -0.495 e. The highest BCUT2D eigenvalue weighted by molar-refractivity contribution is 8.00. The third-order valence-corrected chi connectivity index (χ3v) is 7.64. The quantitative estimate of drug-likeness (QED) is 0.154. The van der Waals surface area contributed by atoms with E-state index in [4.69, 9.17) is 17.0 Å². The SMILES string of the molecule is COc1ccccc1NC(=S)Nc1cccc(SC(C)C(=O)Nc2cccc3c2C(=O)c2ccccc2C3=O)c1. The molecule has 9 heteroatoms. The molecule has 1 atom stereocenters. The Morgan fingerprint density at radius 1 is 0.775 bits per heavy atom. The lowest BCUT2D eigenvalue weighted by Gasteiger charge is -2.21. The molecule has 40 heavy (non-hydrogen) atoms. The van der Waals surface area contributed by atoms with Crippen LogP contribution in [-0.4, -0.2) is 34.9 Å². The lowest BCUT2D eigenvalue weighted by molar-refractivity contribution is -0.115. The highest BCUT2D eigenvalue weighted by Crippen LogP contribution is 2.33. The number of ether oxygens (including phenoxy) is 1. The van der Waals surface area contributed by atoms with E-state index in [9.17, 15) is 14.4 Å². The number of methoxy groups -OCH3 is 1. The molecule has 7 nitrogen and oxygen atoms in total. The van der Waals surface area contributed by atoms with Gasteiger partial charge in [0.1, 0.15) is 5.75 Å². The van der Waals surface area contributed by atoms with Crippen LogP contribution in [-0.2, 0) is 4.79 Å². The molecule has 200 valence electrons. The van der Waals surface area contributed by atoms with Gasteiger partial charge in [0.15, 0.2) is 16.7 Å². The molecule has 0 heterocycles. The van der Waals surface area contributed by atoms with Crippen LogP contribution < -0.4 is 20.7 Å². The monoisotopic (exact) mass is 567 g/mol. The highest BCUT2D eigenvalue weighted by atomic mass is 32.2. The second-order valence-electron chi connectivity index (χ2n) is 8.99. The summed E-state index contributed by atoms with van der Waals surface area (Å²) in [5.74, 6) is -0.126. The predicted octanol–water partition coefficient (Wildman–Crippen LogP) is 6.40. The van der Waals surface area contributed by atoms with Crippen LogP contribution in [0.2, 0.25) is 0 Å². The first-order valence-electron chi connectivity index (χ1n) is 12.5. The van der Waals surface area contributed by atoms with Crippen molar-refractivity contribution < 1.29 is 19.1 Å². The number of amides is 1. The third kappa shape index (κ3) is 5.61. The summed E-state index contributed by atoms with van der Waals surface area (Å²) in [4.78, 5) is 40.3. The molecule has 1 aliphatic carbocycles. The van der Waals surface area contributed by atoms with Crippen LogP contribution in [0.1, 0.15) is 38.8 Å². The Balaban J connectivity index is 1.26. The van der Waals surface area contributed by atoms with Gasteiger partial charge in [-0.05, 0) is 55.5 Å². The Morgan fingerprint density at radius 2 is 1.43 bits per heavy atom.